The summed E-state index contributed by atoms with van der Waals surface area (Å²) in [5.41, 5.74) is 0.373. The Morgan fingerprint density at radius 1 is 1.38 bits per heavy atom. The number of ether oxygens (including phenoxy) is 2. The minimum atomic E-state index is -1.11. The molecule has 0 aliphatic rings. The number of benzene rings is 1. The molecule has 2 N–H and O–H groups in total. The Morgan fingerprint density at radius 2 is 2.12 bits per heavy atom. The van der Waals surface area contributed by atoms with Crippen molar-refractivity contribution < 1.29 is 24.2 Å². The maximum Gasteiger partial charge on any atom is 0.341 e. The van der Waals surface area contributed by atoms with Crippen LogP contribution in [0.1, 0.15) is 18.9 Å². The van der Waals surface area contributed by atoms with E-state index < -0.39 is 18.5 Å². The fraction of sp³-hybridized carbons (Fsp3) is 0.353. The van der Waals surface area contributed by atoms with Gasteiger partial charge in [-0.25, -0.2) is 4.79 Å². The monoisotopic (exact) mass is 332 g/mol. The first-order chi connectivity index (χ1) is 11.6. The van der Waals surface area contributed by atoms with Gasteiger partial charge in [0.1, 0.15) is 17.4 Å². The fourth-order valence-electron chi connectivity index (χ4n) is 1.79. The minimum Gasteiger partial charge on any atom is -0.481 e. The first-order valence-electron chi connectivity index (χ1n) is 7.49. The van der Waals surface area contributed by atoms with Gasteiger partial charge in [0.2, 0.25) is 0 Å². The second-order valence-electron chi connectivity index (χ2n) is 4.70. The van der Waals surface area contributed by atoms with E-state index in [4.69, 9.17) is 19.8 Å². The van der Waals surface area contributed by atoms with Crippen LogP contribution in [0, 0.1) is 11.3 Å². The summed E-state index contributed by atoms with van der Waals surface area (Å²) >= 11 is 0. The number of para-hydroxylation sites is 1. The highest BCUT2D eigenvalue weighted by molar-refractivity contribution is 6.01. The zero-order valence-corrected chi connectivity index (χ0v) is 13.4. The highest BCUT2D eigenvalue weighted by atomic mass is 16.5. The van der Waals surface area contributed by atoms with E-state index >= 15 is 0 Å². The largest absolute Gasteiger partial charge is 0.481 e. The number of nitriles is 1. The van der Waals surface area contributed by atoms with Crippen LogP contribution in [0.3, 0.4) is 0 Å². The van der Waals surface area contributed by atoms with Crippen LogP contribution in [-0.4, -0.2) is 43.3 Å². The lowest BCUT2D eigenvalue weighted by Gasteiger charge is -2.08. The molecule has 0 aliphatic carbocycles. The van der Waals surface area contributed by atoms with Gasteiger partial charge in [0, 0.05) is 25.3 Å². The van der Waals surface area contributed by atoms with Crippen LogP contribution in [0.2, 0.25) is 0 Å². The number of nitrogens with one attached hydrogen (secondary N) is 1. The molecule has 1 aromatic rings. The molecule has 0 unspecified atom stereocenters. The van der Waals surface area contributed by atoms with E-state index in [9.17, 15) is 9.59 Å². The van der Waals surface area contributed by atoms with Crippen LogP contribution < -0.4 is 10.1 Å². The van der Waals surface area contributed by atoms with Gasteiger partial charge in [-0.2, -0.15) is 5.26 Å². The van der Waals surface area contributed by atoms with Crippen LogP contribution in [0.4, 0.5) is 0 Å². The molecule has 0 bridgehead atoms. The Morgan fingerprint density at radius 3 is 2.79 bits per heavy atom. The lowest BCUT2D eigenvalue weighted by atomic mass is 10.1. The van der Waals surface area contributed by atoms with Crippen LogP contribution in [0.5, 0.6) is 5.75 Å². The zero-order chi connectivity index (χ0) is 17.8. The Hall–Kier alpha value is -2.85. The van der Waals surface area contributed by atoms with Crippen LogP contribution in [0.25, 0.3) is 6.08 Å². The molecule has 7 heteroatoms. The van der Waals surface area contributed by atoms with E-state index in [1.165, 1.54) is 6.08 Å². The van der Waals surface area contributed by atoms with Crippen molar-refractivity contribution in [1.29, 1.82) is 5.26 Å². The predicted octanol–water partition coefficient (Wildman–Crippen LogP) is 1.60. The highest BCUT2D eigenvalue weighted by Crippen LogP contribution is 2.21. The summed E-state index contributed by atoms with van der Waals surface area (Å²) in [5, 5.41) is 20.5. The van der Waals surface area contributed by atoms with E-state index in [0.29, 0.717) is 31.7 Å². The third kappa shape index (κ3) is 6.94. The van der Waals surface area contributed by atoms with Gasteiger partial charge < -0.3 is 19.9 Å². The second-order valence-corrected chi connectivity index (χ2v) is 4.70. The summed E-state index contributed by atoms with van der Waals surface area (Å²) in [4.78, 5) is 22.6. The molecular weight excluding hydrogens is 312 g/mol. The molecule has 0 aromatic heterocycles. The number of hydrogen-bond donors (Lipinski definition) is 2. The maximum atomic E-state index is 12.0. The molecule has 128 valence electrons. The molecule has 0 heterocycles. The van der Waals surface area contributed by atoms with Crippen molar-refractivity contribution in [3.8, 4) is 11.8 Å². The van der Waals surface area contributed by atoms with Gasteiger partial charge in [-0.15, -0.1) is 0 Å². The molecule has 1 rings (SSSR count). The lowest BCUT2D eigenvalue weighted by Crippen LogP contribution is -2.26. The first-order valence-corrected chi connectivity index (χ1v) is 7.49. The number of carbonyl (C=O) groups excluding carboxylic acids is 1. The number of carboxylic acid groups (broad SMARTS) is 1. The summed E-state index contributed by atoms with van der Waals surface area (Å²) < 4.78 is 10.3. The molecular formula is C17H20N2O5. The second kappa shape index (κ2) is 10.8. The molecule has 0 radical (unpaired) electrons. The maximum absolute atomic E-state index is 12.0. The number of amides is 1. The van der Waals surface area contributed by atoms with Gasteiger partial charge in [0.05, 0.1) is 0 Å². The molecule has 0 saturated heterocycles. The summed E-state index contributed by atoms with van der Waals surface area (Å²) in [6.07, 6.45) is 2.02. The Balaban J connectivity index is 2.75. The van der Waals surface area contributed by atoms with Crippen molar-refractivity contribution in [2.24, 2.45) is 0 Å². The lowest BCUT2D eigenvalue weighted by molar-refractivity contribution is -0.139. The molecule has 0 aliphatic heterocycles. The standard InChI is InChI=1S/C17H20N2O5/c1-2-23-9-5-8-19-17(22)14(11-18)10-13-6-3-4-7-15(13)24-12-16(20)21/h3-4,6-7,10H,2,5,8-9,12H2,1H3,(H,19,22)(H,20,21)/b14-10-. The quantitative estimate of drug-likeness (QED) is 0.383. The van der Waals surface area contributed by atoms with Crippen LogP contribution >= 0.6 is 0 Å². The number of hydrogen-bond acceptors (Lipinski definition) is 5. The molecule has 1 aromatic carbocycles. The Labute approximate surface area is 140 Å². The summed E-state index contributed by atoms with van der Waals surface area (Å²) in [6.45, 7) is 2.93. The van der Waals surface area contributed by atoms with Crippen molar-refractivity contribution in [3.05, 3.63) is 35.4 Å². The van der Waals surface area contributed by atoms with Crippen molar-refractivity contribution in [3.63, 3.8) is 0 Å². The van der Waals surface area contributed by atoms with E-state index in [-0.39, 0.29) is 11.3 Å². The van der Waals surface area contributed by atoms with Crippen molar-refractivity contribution >= 4 is 18.0 Å². The molecule has 0 saturated carbocycles. The summed E-state index contributed by atoms with van der Waals surface area (Å²) in [7, 11) is 0. The molecule has 1 amide bonds. The third-order valence-electron chi connectivity index (χ3n) is 2.89. The third-order valence-corrected chi connectivity index (χ3v) is 2.89. The van der Waals surface area contributed by atoms with E-state index in [2.05, 4.69) is 5.32 Å². The average Bonchev–Trinajstić information content (AvgIpc) is 2.58. The van der Waals surface area contributed by atoms with Gasteiger partial charge in [0.25, 0.3) is 5.91 Å². The van der Waals surface area contributed by atoms with Gasteiger partial charge >= 0.3 is 5.97 Å². The number of rotatable bonds is 10. The number of nitrogens with zero attached hydrogens (tertiary/aromatic N) is 1. The van der Waals surface area contributed by atoms with Crippen molar-refractivity contribution in [1.82, 2.24) is 5.32 Å². The molecule has 0 spiro atoms. The minimum absolute atomic E-state index is 0.0854. The highest BCUT2D eigenvalue weighted by Gasteiger charge is 2.11. The normalized spacial score (nSPS) is 10.8. The number of aliphatic carboxylic acids is 1. The smallest absolute Gasteiger partial charge is 0.341 e. The summed E-state index contributed by atoms with van der Waals surface area (Å²) in [6, 6.07) is 8.43. The van der Waals surface area contributed by atoms with Gasteiger partial charge in [-0.1, -0.05) is 18.2 Å². The molecule has 24 heavy (non-hydrogen) atoms. The number of carbonyl (C=O) groups is 2. The topological polar surface area (TPSA) is 109 Å². The average molecular weight is 332 g/mol. The van der Waals surface area contributed by atoms with E-state index in [1.807, 2.05) is 13.0 Å². The van der Waals surface area contributed by atoms with Gasteiger partial charge in [-0.05, 0) is 25.5 Å². The van der Waals surface area contributed by atoms with Gasteiger partial charge in [0.15, 0.2) is 6.61 Å². The number of carboxylic acids is 1. The molecule has 0 atom stereocenters. The van der Waals surface area contributed by atoms with E-state index in [0.717, 1.165) is 0 Å². The van der Waals surface area contributed by atoms with Crippen LogP contribution in [0.15, 0.2) is 29.8 Å². The predicted molar refractivity (Wildman–Crippen MR) is 87.3 cm³/mol. The molecule has 0 fully saturated rings. The van der Waals surface area contributed by atoms with Crippen molar-refractivity contribution in [2.75, 3.05) is 26.4 Å². The molecule has 7 nitrogen and oxygen atoms in total. The van der Waals surface area contributed by atoms with Crippen molar-refractivity contribution in [2.45, 2.75) is 13.3 Å². The zero-order valence-electron chi connectivity index (χ0n) is 13.4. The summed E-state index contributed by atoms with van der Waals surface area (Å²) in [5.74, 6) is -1.32. The Kier molecular flexibility index (Phi) is 8.64. The fourth-order valence-corrected chi connectivity index (χ4v) is 1.79. The van der Waals surface area contributed by atoms with Crippen LogP contribution in [-0.2, 0) is 14.3 Å². The SMILES string of the molecule is CCOCCCNC(=O)/C(C#N)=C\c1ccccc1OCC(=O)O. The van der Waals surface area contributed by atoms with E-state index in [1.54, 1.807) is 24.3 Å². The Bertz CT molecular complexity index is 634. The first kappa shape index (κ1) is 19.2. The van der Waals surface area contributed by atoms with Gasteiger partial charge in [-0.3, -0.25) is 4.79 Å².